The van der Waals surface area contributed by atoms with Crippen molar-refractivity contribution in [3.05, 3.63) is 0 Å². The van der Waals surface area contributed by atoms with E-state index in [1.165, 1.54) is 11.2 Å². The Balaban J connectivity index is 2.72. The molecule has 0 spiro atoms. The quantitative estimate of drug-likeness (QED) is 0.849. The fourth-order valence-electron chi connectivity index (χ4n) is 2.33. The van der Waals surface area contributed by atoms with E-state index in [2.05, 4.69) is 20.8 Å². The summed E-state index contributed by atoms with van der Waals surface area (Å²) in [4.78, 5) is 10.8. The Bertz CT molecular complexity index is 402. The second-order valence-electron chi connectivity index (χ2n) is 6.06. The molecule has 0 amide bonds. The summed E-state index contributed by atoms with van der Waals surface area (Å²) in [7, 11) is -3.70. The molecule has 106 valence electrons. The van der Waals surface area contributed by atoms with Gasteiger partial charge in [0.15, 0.2) is 5.25 Å². The number of carbonyl (C=O) groups is 1. The van der Waals surface area contributed by atoms with Gasteiger partial charge in [-0.2, -0.15) is 0 Å². The Kier molecular flexibility index (Phi) is 4.43. The smallest absolute Gasteiger partial charge is 0.323 e. The first kappa shape index (κ1) is 15.4. The van der Waals surface area contributed by atoms with Crippen LogP contribution in [0.5, 0.6) is 0 Å². The van der Waals surface area contributed by atoms with Gasteiger partial charge in [-0.3, -0.25) is 4.79 Å². The molecule has 18 heavy (non-hydrogen) atoms. The fourth-order valence-corrected chi connectivity index (χ4v) is 3.75. The van der Waals surface area contributed by atoms with Crippen molar-refractivity contribution in [1.29, 1.82) is 0 Å². The minimum Gasteiger partial charge on any atom is -0.480 e. The van der Waals surface area contributed by atoms with Gasteiger partial charge in [-0.1, -0.05) is 20.8 Å². The standard InChI is InChI=1S/C12H23NO4S/c1-9(11(14)15)18(16,17)13-7-5-10(6-8-13)12(2,3)4/h9-10H,5-8H2,1-4H3,(H,14,15). The van der Waals surface area contributed by atoms with E-state index in [1.54, 1.807) is 0 Å². The first-order valence-corrected chi connectivity index (χ1v) is 7.79. The van der Waals surface area contributed by atoms with Gasteiger partial charge in [0.1, 0.15) is 0 Å². The lowest BCUT2D eigenvalue weighted by Gasteiger charge is -2.38. The highest BCUT2D eigenvalue weighted by Crippen LogP contribution is 2.35. The molecule has 1 fully saturated rings. The molecule has 1 saturated heterocycles. The van der Waals surface area contributed by atoms with Crippen molar-refractivity contribution in [2.24, 2.45) is 11.3 Å². The number of rotatable bonds is 3. The van der Waals surface area contributed by atoms with E-state index in [4.69, 9.17) is 5.11 Å². The third-order valence-electron chi connectivity index (χ3n) is 3.83. The molecule has 0 bridgehead atoms. The molecule has 6 heteroatoms. The third-order valence-corrected chi connectivity index (χ3v) is 6.01. The molecular formula is C12H23NO4S. The van der Waals surface area contributed by atoms with Gasteiger partial charge >= 0.3 is 5.97 Å². The Hall–Kier alpha value is -0.620. The number of piperidine rings is 1. The van der Waals surface area contributed by atoms with Crippen LogP contribution in [0.1, 0.15) is 40.5 Å². The van der Waals surface area contributed by atoms with Gasteiger partial charge < -0.3 is 5.11 Å². The summed E-state index contributed by atoms with van der Waals surface area (Å²) >= 11 is 0. The summed E-state index contributed by atoms with van der Waals surface area (Å²) in [6.45, 7) is 8.56. The van der Waals surface area contributed by atoms with Crippen LogP contribution in [0.4, 0.5) is 0 Å². The van der Waals surface area contributed by atoms with Gasteiger partial charge in [-0.25, -0.2) is 12.7 Å². The molecule has 1 atom stereocenters. The van der Waals surface area contributed by atoms with Gasteiger partial charge in [0.25, 0.3) is 0 Å². The summed E-state index contributed by atoms with van der Waals surface area (Å²) < 4.78 is 25.4. The van der Waals surface area contributed by atoms with Gasteiger partial charge in [0.2, 0.25) is 10.0 Å². The number of carboxylic acid groups (broad SMARTS) is 1. The SMILES string of the molecule is CC(C(=O)O)S(=O)(=O)N1CCC(C(C)(C)C)CC1. The van der Waals surface area contributed by atoms with Crippen LogP contribution in [0, 0.1) is 11.3 Å². The molecule has 1 unspecified atom stereocenters. The van der Waals surface area contributed by atoms with Gasteiger partial charge in [-0.15, -0.1) is 0 Å². The van der Waals surface area contributed by atoms with Crippen molar-refractivity contribution in [2.45, 2.75) is 45.8 Å². The number of carboxylic acids is 1. The van der Waals surface area contributed by atoms with E-state index in [0.717, 1.165) is 12.8 Å². The van der Waals surface area contributed by atoms with E-state index in [9.17, 15) is 13.2 Å². The lowest BCUT2D eigenvalue weighted by Crippen LogP contribution is -2.46. The van der Waals surface area contributed by atoms with Crippen LogP contribution in [-0.4, -0.2) is 42.1 Å². The van der Waals surface area contributed by atoms with Crippen molar-refractivity contribution >= 4 is 16.0 Å². The maximum absolute atomic E-state index is 12.0. The van der Waals surface area contributed by atoms with Gasteiger partial charge in [-0.05, 0) is 31.1 Å². The van der Waals surface area contributed by atoms with Gasteiger partial charge in [0, 0.05) is 13.1 Å². The zero-order chi connectivity index (χ0) is 14.1. The largest absolute Gasteiger partial charge is 0.480 e. The van der Waals surface area contributed by atoms with E-state index in [1.807, 2.05) is 0 Å². The molecule has 0 aromatic rings. The fraction of sp³-hybridized carbons (Fsp3) is 0.917. The molecule has 0 saturated carbocycles. The van der Waals surface area contributed by atoms with Crippen LogP contribution in [0.15, 0.2) is 0 Å². The summed E-state index contributed by atoms with van der Waals surface area (Å²) in [6, 6.07) is 0. The third kappa shape index (κ3) is 3.23. The topological polar surface area (TPSA) is 74.7 Å². The van der Waals surface area contributed by atoms with Crippen molar-refractivity contribution in [3.8, 4) is 0 Å². The molecule has 1 rings (SSSR count). The van der Waals surface area contributed by atoms with Crippen molar-refractivity contribution in [2.75, 3.05) is 13.1 Å². The van der Waals surface area contributed by atoms with E-state index >= 15 is 0 Å². The molecule has 5 nitrogen and oxygen atoms in total. The van der Waals surface area contributed by atoms with Crippen LogP contribution in [-0.2, 0) is 14.8 Å². The Morgan fingerprint density at radius 2 is 1.72 bits per heavy atom. The molecule has 0 aliphatic carbocycles. The predicted molar refractivity (Wildman–Crippen MR) is 69.8 cm³/mol. The average Bonchev–Trinajstić information content (AvgIpc) is 2.26. The van der Waals surface area contributed by atoms with Gasteiger partial charge in [0.05, 0.1) is 0 Å². The predicted octanol–water partition coefficient (Wildman–Crippen LogP) is 1.55. The van der Waals surface area contributed by atoms with Crippen LogP contribution in [0.3, 0.4) is 0 Å². The lowest BCUT2D eigenvalue weighted by atomic mass is 9.76. The molecule has 1 aliphatic heterocycles. The Morgan fingerprint density at radius 1 is 1.28 bits per heavy atom. The molecule has 0 aromatic heterocycles. The van der Waals surface area contributed by atoms with Crippen LogP contribution in [0.25, 0.3) is 0 Å². The number of hydrogen-bond acceptors (Lipinski definition) is 3. The highest BCUT2D eigenvalue weighted by atomic mass is 32.2. The first-order chi connectivity index (χ1) is 8.06. The summed E-state index contributed by atoms with van der Waals surface area (Å²) in [5.41, 5.74) is 0.175. The Labute approximate surface area is 109 Å². The van der Waals surface area contributed by atoms with Crippen molar-refractivity contribution in [3.63, 3.8) is 0 Å². The second-order valence-corrected chi connectivity index (χ2v) is 8.32. The molecule has 0 aromatic carbocycles. The molecule has 1 aliphatic rings. The molecule has 1 heterocycles. The Morgan fingerprint density at radius 3 is 2.06 bits per heavy atom. The summed E-state index contributed by atoms with van der Waals surface area (Å²) in [6.07, 6.45) is 1.60. The zero-order valence-electron chi connectivity index (χ0n) is 11.5. The van der Waals surface area contributed by atoms with Crippen molar-refractivity contribution in [1.82, 2.24) is 4.31 Å². The number of sulfonamides is 1. The normalized spacial score (nSPS) is 21.8. The maximum Gasteiger partial charge on any atom is 0.323 e. The molecule has 1 N–H and O–H groups in total. The average molecular weight is 277 g/mol. The number of hydrogen-bond donors (Lipinski definition) is 1. The van der Waals surface area contributed by atoms with E-state index in [0.29, 0.717) is 19.0 Å². The van der Waals surface area contributed by atoms with Crippen LogP contribution in [0.2, 0.25) is 0 Å². The summed E-state index contributed by atoms with van der Waals surface area (Å²) in [5.74, 6) is -0.794. The summed E-state index contributed by atoms with van der Waals surface area (Å²) in [5, 5.41) is 7.47. The minimum atomic E-state index is -3.70. The van der Waals surface area contributed by atoms with E-state index in [-0.39, 0.29) is 5.41 Å². The molecule has 0 radical (unpaired) electrons. The molecular weight excluding hydrogens is 254 g/mol. The number of nitrogens with zero attached hydrogens (tertiary/aromatic N) is 1. The highest BCUT2D eigenvalue weighted by molar-refractivity contribution is 7.90. The van der Waals surface area contributed by atoms with Crippen molar-refractivity contribution < 1.29 is 18.3 Å². The number of aliphatic carboxylic acids is 1. The first-order valence-electron chi connectivity index (χ1n) is 6.28. The monoisotopic (exact) mass is 277 g/mol. The lowest BCUT2D eigenvalue weighted by molar-refractivity contribution is -0.136. The second kappa shape index (κ2) is 5.17. The van der Waals surface area contributed by atoms with Crippen LogP contribution >= 0.6 is 0 Å². The van der Waals surface area contributed by atoms with E-state index < -0.39 is 21.2 Å². The zero-order valence-corrected chi connectivity index (χ0v) is 12.3. The minimum absolute atomic E-state index is 0.175. The van der Waals surface area contributed by atoms with Crippen LogP contribution < -0.4 is 0 Å². The maximum atomic E-state index is 12.0. The highest BCUT2D eigenvalue weighted by Gasteiger charge is 2.38.